The summed E-state index contributed by atoms with van der Waals surface area (Å²) in [5, 5.41) is 2.69. The number of amides is 1. The molecule has 0 heterocycles. The largest absolute Gasteiger partial charge is 0.449 e. The van der Waals surface area contributed by atoms with Gasteiger partial charge in [0.25, 0.3) is 0 Å². The Morgan fingerprint density at radius 2 is 1.75 bits per heavy atom. The molecule has 2 rings (SSSR count). The van der Waals surface area contributed by atoms with E-state index in [9.17, 15) is 4.79 Å². The van der Waals surface area contributed by atoms with E-state index >= 15 is 0 Å². The Balaban J connectivity index is 1.66. The number of rotatable bonds is 5. The average Bonchev–Trinajstić information content (AvgIpc) is 2.46. The number of ether oxygens (including phenoxy) is 1. The minimum Gasteiger partial charge on any atom is -0.449 e. The number of carbonyl (C=O) groups excluding carboxylic acids is 1. The van der Waals surface area contributed by atoms with Crippen LogP contribution in [0.4, 0.5) is 10.5 Å². The molecular formula is C17H19NO2. The molecule has 0 spiro atoms. The van der Waals surface area contributed by atoms with Crippen molar-refractivity contribution in [2.75, 3.05) is 11.9 Å². The Hall–Kier alpha value is -2.29. The first kappa shape index (κ1) is 14.1. The van der Waals surface area contributed by atoms with E-state index in [0.717, 1.165) is 18.5 Å². The van der Waals surface area contributed by atoms with Gasteiger partial charge in [-0.05, 0) is 37.5 Å². The smallest absolute Gasteiger partial charge is 0.411 e. The van der Waals surface area contributed by atoms with Crippen LogP contribution >= 0.6 is 0 Å². The van der Waals surface area contributed by atoms with Crippen molar-refractivity contribution in [3.05, 3.63) is 65.7 Å². The highest BCUT2D eigenvalue weighted by molar-refractivity contribution is 5.84. The van der Waals surface area contributed by atoms with E-state index in [4.69, 9.17) is 4.74 Å². The molecule has 0 unspecified atom stereocenters. The molecule has 3 nitrogen and oxygen atoms in total. The molecule has 2 aromatic carbocycles. The van der Waals surface area contributed by atoms with E-state index in [1.165, 1.54) is 11.1 Å². The number of nitrogens with one attached hydrogen (secondary N) is 1. The topological polar surface area (TPSA) is 38.3 Å². The molecule has 1 amide bonds. The highest BCUT2D eigenvalue weighted by Crippen LogP contribution is 2.07. The summed E-state index contributed by atoms with van der Waals surface area (Å²) < 4.78 is 5.14. The van der Waals surface area contributed by atoms with Gasteiger partial charge < -0.3 is 4.74 Å². The first-order chi connectivity index (χ1) is 9.74. The van der Waals surface area contributed by atoms with Gasteiger partial charge in [-0.3, -0.25) is 5.32 Å². The van der Waals surface area contributed by atoms with E-state index in [1.54, 1.807) is 0 Å². The van der Waals surface area contributed by atoms with Gasteiger partial charge in [-0.2, -0.15) is 0 Å². The molecule has 3 heteroatoms. The van der Waals surface area contributed by atoms with Crippen molar-refractivity contribution < 1.29 is 9.53 Å². The third kappa shape index (κ3) is 4.76. The highest BCUT2D eigenvalue weighted by Gasteiger charge is 2.02. The van der Waals surface area contributed by atoms with Crippen molar-refractivity contribution in [2.24, 2.45) is 0 Å². The van der Waals surface area contributed by atoms with Crippen molar-refractivity contribution in [3.63, 3.8) is 0 Å². The molecule has 104 valence electrons. The highest BCUT2D eigenvalue weighted by atomic mass is 16.5. The van der Waals surface area contributed by atoms with Gasteiger partial charge in [0.15, 0.2) is 0 Å². The number of para-hydroxylation sites is 1. The van der Waals surface area contributed by atoms with E-state index in [1.807, 2.05) is 30.3 Å². The summed E-state index contributed by atoms with van der Waals surface area (Å²) in [5.41, 5.74) is 3.27. The van der Waals surface area contributed by atoms with Crippen molar-refractivity contribution in [2.45, 2.75) is 19.8 Å². The zero-order chi connectivity index (χ0) is 14.2. The summed E-state index contributed by atoms with van der Waals surface area (Å²) in [7, 11) is 0. The van der Waals surface area contributed by atoms with Crippen LogP contribution in [0.1, 0.15) is 17.5 Å². The summed E-state index contributed by atoms with van der Waals surface area (Å²) in [6.07, 6.45) is 1.34. The first-order valence-corrected chi connectivity index (χ1v) is 6.78. The Bertz CT molecular complexity index is 535. The van der Waals surface area contributed by atoms with Crippen LogP contribution in [0, 0.1) is 6.92 Å². The third-order valence-electron chi connectivity index (χ3n) is 2.98. The second-order valence-corrected chi connectivity index (χ2v) is 4.72. The van der Waals surface area contributed by atoms with Crippen molar-refractivity contribution >= 4 is 11.8 Å². The number of carbonyl (C=O) groups is 1. The fourth-order valence-corrected chi connectivity index (χ4v) is 1.87. The molecule has 0 fully saturated rings. The molecule has 0 aliphatic rings. The van der Waals surface area contributed by atoms with Gasteiger partial charge in [0, 0.05) is 5.69 Å². The fourth-order valence-electron chi connectivity index (χ4n) is 1.87. The number of hydrogen-bond acceptors (Lipinski definition) is 2. The van der Waals surface area contributed by atoms with Crippen LogP contribution in [0.3, 0.4) is 0 Å². The normalized spacial score (nSPS) is 10.1. The predicted octanol–water partition coefficient (Wildman–Crippen LogP) is 4.18. The van der Waals surface area contributed by atoms with Crippen molar-refractivity contribution in [1.82, 2.24) is 0 Å². The number of aryl methyl sites for hydroxylation is 2. The summed E-state index contributed by atoms with van der Waals surface area (Å²) in [6, 6.07) is 17.7. The Morgan fingerprint density at radius 1 is 1.05 bits per heavy atom. The maximum absolute atomic E-state index is 11.5. The Morgan fingerprint density at radius 3 is 2.45 bits per heavy atom. The van der Waals surface area contributed by atoms with Crippen molar-refractivity contribution in [1.29, 1.82) is 0 Å². The van der Waals surface area contributed by atoms with Gasteiger partial charge in [0.1, 0.15) is 0 Å². The van der Waals surface area contributed by atoms with Gasteiger partial charge in [-0.15, -0.1) is 0 Å². The lowest BCUT2D eigenvalue weighted by molar-refractivity contribution is 0.160. The Labute approximate surface area is 119 Å². The monoisotopic (exact) mass is 269 g/mol. The van der Waals surface area contributed by atoms with Gasteiger partial charge in [-0.1, -0.05) is 48.0 Å². The molecule has 0 saturated heterocycles. The minimum atomic E-state index is -0.403. The second-order valence-electron chi connectivity index (χ2n) is 4.72. The van der Waals surface area contributed by atoms with Crippen LogP contribution in [0.2, 0.25) is 0 Å². The zero-order valence-corrected chi connectivity index (χ0v) is 11.6. The number of anilines is 1. The third-order valence-corrected chi connectivity index (χ3v) is 2.98. The van der Waals surface area contributed by atoms with E-state index in [2.05, 4.69) is 36.5 Å². The van der Waals surface area contributed by atoms with Gasteiger partial charge in [0.05, 0.1) is 6.61 Å². The summed E-state index contributed by atoms with van der Waals surface area (Å²) >= 11 is 0. The van der Waals surface area contributed by atoms with E-state index < -0.39 is 6.09 Å². The molecule has 0 bridgehead atoms. The van der Waals surface area contributed by atoms with Crippen LogP contribution in [0.5, 0.6) is 0 Å². The summed E-state index contributed by atoms with van der Waals surface area (Å²) in [5.74, 6) is 0. The van der Waals surface area contributed by atoms with Crippen LogP contribution in [-0.2, 0) is 11.2 Å². The minimum absolute atomic E-state index is 0.403. The zero-order valence-electron chi connectivity index (χ0n) is 11.6. The lowest BCUT2D eigenvalue weighted by Crippen LogP contribution is -2.14. The molecular weight excluding hydrogens is 250 g/mol. The van der Waals surface area contributed by atoms with Crippen LogP contribution in [-0.4, -0.2) is 12.7 Å². The summed E-state index contributed by atoms with van der Waals surface area (Å²) in [4.78, 5) is 11.5. The van der Waals surface area contributed by atoms with Crippen molar-refractivity contribution in [3.8, 4) is 0 Å². The molecule has 0 aliphatic carbocycles. The fraction of sp³-hybridized carbons (Fsp3) is 0.235. The van der Waals surface area contributed by atoms with Gasteiger partial charge >= 0.3 is 6.09 Å². The molecule has 20 heavy (non-hydrogen) atoms. The SMILES string of the molecule is Cc1ccc(CCCOC(=O)Nc2ccccc2)cc1. The first-order valence-electron chi connectivity index (χ1n) is 6.78. The molecule has 0 atom stereocenters. The number of hydrogen-bond donors (Lipinski definition) is 1. The molecule has 0 saturated carbocycles. The molecule has 0 aromatic heterocycles. The molecule has 0 radical (unpaired) electrons. The standard InChI is InChI=1S/C17H19NO2/c1-14-9-11-15(12-10-14)6-5-13-20-17(19)18-16-7-3-2-4-8-16/h2-4,7-12H,5-6,13H2,1H3,(H,18,19). The van der Waals surface area contributed by atoms with E-state index in [0.29, 0.717) is 6.61 Å². The maximum atomic E-state index is 11.5. The molecule has 0 aliphatic heterocycles. The quantitative estimate of drug-likeness (QED) is 0.827. The van der Waals surface area contributed by atoms with E-state index in [-0.39, 0.29) is 0 Å². The molecule has 1 N–H and O–H groups in total. The van der Waals surface area contributed by atoms with Crippen LogP contribution in [0.25, 0.3) is 0 Å². The lowest BCUT2D eigenvalue weighted by Gasteiger charge is -2.07. The second kappa shape index (κ2) is 7.34. The maximum Gasteiger partial charge on any atom is 0.411 e. The Kier molecular flexibility index (Phi) is 5.18. The molecule has 2 aromatic rings. The predicted molar refractivity (Wildman–Crippen MR) is 80.9 cm³/mol. The van der Waals surface area contributed by atoms with Gasteiger partial charge in [-0.25, -0.2) is 4.79 Å². The lowest BCUT2D eigenvalue weighted by atomic mass is 10.1. The summed E-state index contributed by atoms with van der Waals surface area (Å²) in [6.45, 7) is 2.49. The van der Waals surface area contributed by atoms with Crippen LogP contribution in [0.15, 0.2) is 54.6 Å². The van der Waals surface area contributed by atoms with Crippen LogP contribution < -0.4 is 5.32 Å². The number of benzene rings is 2. The van der Waals surface area contributed by atoms with Gasteiger partial charge in [0.2, 0.25) is 0 Å². The average molecular weight is 269 g/mol.